The van der Waals surface area contributed by atoms with E-state index in [9.17, 15) is 4.79 Å². The van der Waals surface area contributed by atoms with Gasteiger partial charge in [0.25, 0.3) is 0 Å². The Morgan fingerprint density at radius 3 is 2.62 bits per heavy atom. The van der Waals surface area contributed by atoms with E-state index in [1.807, 2.05) is 0 Å². The van der Waals surface area contributed by atoms with Crippen molar-refractivity contribution in [1.82, 2.24) is 0 Å². The summed E-state index contributed by atoms with van der Waals surface area (Å²) in [7, 11) is 3.02. The van der Waals surface area contributed by atoms with Crippen molar-refractivity contribution in [3.8, 4) is 12.3 Å². The van der Waals surface area contributed by atoms with Crippen LogP contribution in [0.1, 0.15) is 64.7 Å². The van der Waals surface area contributed by atoms with Crippen molar-refractivity contribution in [1.29, 1.82) is 0 Å². The normalized spacial score (nSPS) is 41.1. The molecule has 3 saturated carbocycles. The first-order valence-electron chi connectivity index (χ1n) is 12.2. The molecule has 0 unspecified atom stereocenters. The molecule has 1 aliphatic heterocycles. The van der Waals surface area contributed by atoms with Gasteiger partial charge in [-0.15, -0.1) is 12.3 Å². The summed E-state index contributed by atoms with van der Waals surface area (Å²) in [6.45, 7) is 3.74. The second-order valence-corrected chi connectivity index (χ2v) is 10.7. The predicted molar refractivity (Wildman–Crippen MR) is 120 cm³/mol. The highest BCUT2D eigenvalue weighted by Crippen LogP contribution is 2.68. The molecule has 0 aromatic carbocycles. The van der Waals surface area contributed by atoms with E-state index in [0.717, 1.165) is 63.4 Å². The molecule has 1 heterocycles. The van der Waals surface area contributed by atoms with Gasteiger partial charge in [-0.1, -0.05) is 18.6 Å². The minimum absolute atomic E-state index is 0.0169. The number of hydrogen-bond donors (Lipinski definition) is 0. The Kier molecular flexibility index (Phi) is 5.46. The largest absolute Gasteiger partial charge is 0.490 e. The van der Waals surface area contributed by atoms with E-state index in [4.69, 9.17) is 25.4 Å². The third-order valence-electron chi connectivity index (χ3n) is 9.70. The molecule has 5 nitrogen and oxygen atoms in total. The molecule has 0 bridgehead atoms. The summed E-state index contributed by atoms with van der Waals surface area (Å²) in [5.41, 5.74) is 2.69. The molecule has 0 amide bonds. The van der Waals surface area contributed by atoms with Crippen LogP contribution in [-0.2, 0) is 23.7 Å². The van der Waals surface area contributed by atoms with E-state index in [1.165, 1.54) is 12.7 Å². The van der Waals surface area contributed by atoms with Crippen molar-refractivity contribution in [2.75, 3.05) is 27.4 Å². The van der Waals surface area contributed by atoms with E-state index in [1.54, 1.807) is 7.11 Å². The molecule has 1 spiro atoms. The van der Waals surface area contributed by atoms with Gasteiger partial charge in [0.2, 0.25) is 5.76 Å². The molecular formula is C27H36O5. The molecule has 5 heteroatoms. The summed E-state index contributed by atoms with van der Waals surface area (Å²) in [5, 5.41) is 0. The van der Waals surface area contributed by atoms with Crippen molar-refractivity contribution in [2.24, 2.45) is 28.6 Å². The fourth-order valence-electron chi connectivity index (χ4n) is 8.27. The molecule has 0 N–H and O–H groups in total. The fraction of sp³-hybridized carbons (Fsp3) is 0.741. The lowest BCUT2D eigenvalue weighted by Crippen LogP contribution is -2.53. The van der Waals surface area contributed by atoms with Gasteiger partial charge in [0.1, 0.15) is 0 Å². The second kappa shape index (κ2) is 7.92. The minimum atomic E-state index is -0.420. The molecule has 174 valence electrons. The number of allylic oxidation sites excluding steroid dienone is 2. The zero-order valence-electron chi connectivity index (χ0n) is 19.7. The van der Waals surface area contributed by atoms with Gasteiger partial charge < -0.3 is 18.9 Å². The van der Waals surface area contributed by atoms with Crippen molar-refractivity contribution in [3.63, 3.8) is 0 Å². The first-order chi connectivity index (χ1) is 15.4. The Labute approximate surface area is 191 Å². The van der Waals surface area contributed by atoms with Gasteiger partial charge in [-0.3, -0.25) is 0 Å². The molecule has 32 heavy (non-hydrogen) atoms. The van der Waals surface area contributed by atoms with Gasteiger partial charge in [0.15, 0.2) is 5.79 Å². The Balaban J connectivity index is 1.50. The summed E-state index contributed by atoms with van der Waals surface area (Å²) in [6, 6.07) is 0. The quantitative estimate of drug-likeness (QED) is 0.208. The Hall–Kier alpha value is -1.77. The predicted octanol–water partition coefficient (Wildman–Crippen LogP) is 4.77. The van der Waals surface area contributed by atoms with Crippen molar-refractivity contribution < 1.29 is 23.7 Å². The SMILES string of the molecule is C#CC[C@]12CCC3(CC1=CC[C@@H]1[C@@H]2CC[C@]2(C)C(=C(OC)C(=O)OC)CC[C@@H]12)OCCO3. The van der Waals surface area contributed by atoms with E-state index in [2.05, 4.69) is 18.9 Å². The van der Waals surface area contributed by atoms with Crippen LogP contribution in [0.5, 0.6) is 0 Å². The summed E-state index contributed by atoms with van der Waals surface area (Å²) < 4.78 is 22.8. The van der Waals surface area contributed by atoms with Crippen LogP contribution in [0.4, 0.5) is 0 Å². The first-order valence-corrected chi connectivity index (χ1v) is 12.2. The molecule has 1 saturated heterocycles. The van der Waals surface area contributed by atoms with Crippen molar-refractivity contribution in [3.05, 3.63) is 23.0 Å². The number of carbonyl (C=O) groups is 1. The van der Waals surface area contributed by atoms with Crippen LogP contribution in [0.2, 0.25) is 0 Å². The summed E-state index contributed by atoms with van der Waals surface area (Å²) in [5.74, 6) is 4.41. The first kappa shape index (κ1) is 22.0. The maximum atomic E-state index is 12.4. The molecule has 5 rings (SSSR count). The maximum Gasteiger partial charge on any atom is 0.373 e. The van der Waals surface area contributed by atoms with Crippen LogP contribution < -0.4 is 0 Å². The Morgan fingerprint density at radius 2 is 1.94 bits per heavy atom. The molecule has 4 aliphatic carbocycles. The standard InChI is InChI=1S/C27H36O5/c1-5-11-26-13-14-27(31-15-16-32-27)17-18(26)6-7-19-20-8-9-22(23(29-3)24(28)30-4)25(20,2)12-10-21(19)26/h1,6,19-21H,7-17H2,2-4H3/t19-,20-,21-,25-,26-/m0/s1. The minimum Gasteiger partial charge on any atom is -0.490 e. The maximum absolute atomic E-state index is 12.4. The van der Waals surface area contributed by atoms with Gasteiger partial charge in [-0.25, -0.2) is 4.79 Å². The number of methoxy groups -OCH3 is 2. The van der Waals surface area contributed by atoms with Gasteiger partial charge in [-0.2, -0.15) is 0 Å². The highest BCUT2D eigenvalue weighted by Gasteiger charge is 2.61. The Bertz CT molecular complexity index is 888. The molecule has 0 radical (unpaired) electrons. The smallest absolute Gasteiger partial charge is 0.373 e. The van der Waals surface area contributed by atoms with Gasteiger partial charge in [-0.05, 0) is 67.3 Å². The number of terminal acetylenes is 1. The number of ether oxygens (including phenoxy) is 4. The number of carbonyl (C=O) groups excluding carboxylic acids is 1. The van der Waals surface area contributed by atoms with Crippen LogP contribution in [0.25, 0.3) is 0 Å². The van der Waals surface area contributed by atoms with Crippen molar-refractivity contribution >= 4 is 5.97 Å². The lowest BCUT2D eigenvalue weighted by atomic mass is 9.46. The third kappa shape index (κ3) is 3.02. The molecule has 0 aromatic heterocycles. The van der Waals surface area contributed by atoms with Crippen LogP contribution in [0.15, 0.2) is 23.0 Å². The summed E-state index contributed by atoms with van der Waals surface area (Å²) >= 11 is 0. The molecule has 5 aliphatic rings. The lowest BCUT2D eigenvalue weighted by Gasteiger charge is -2.59. The van der Waals surface area contributed by atoms with Crippen molar-refractivity contribution in [2.45, 2.75) is 70.5 Å². The summed E-state index contributed by atoms with van der Waals surface area (Å²) in [4.78, 5) is 12.4. The van der Waals surface area contributed by atoms with Crippen LogP contribution in [0, 0.1) is 40.9 Å². The molecule has 0 aromatic rings. The molecule has 4 fully saturated rings. The van der Waals surface area contributed by atoms with Crippen LogP contribution >= 0.6 is 0 Å². The summed E-state index contributed by atoms with van der Waals surface area (Å²) in [6.07, 6.45) is 17.4. The number of hydrogen-bond acceptors (Lipinski definition) is 5. The van der Waals surface area contributed by atoms with E-state index in [0.29, 0.717) is 36.7 Å². The molecule has 5 atom stereocenters. The third-order valence-corrected chi connectivity index (χ3v) is 9.70. The van der Waals surface area contributed by atoms with Gasteiger partial charge in [0, 0.05) is 24.7 Å². The topological polar surface area (TPSA) is 54.0 Å². The van der Waals surface area contributed by atoms with Gasteiger partial charge >= 0.3 is 5.97 Å². The highest BCUT2D eigenvalue weighted by molar-refractivity contribution is 5.87. The van der Waals surface area contributed by atoms with Crippen LogP contribution in [0.3, 0.4) is 0 Å². The second-order valence-electron chi connectivity index (χ2n) is 10.7. The number of esters is 1. The lowest BCUT2D eigenvalue weighted by molar-refractivity contribution is -0.185. The van der Waals surface area contributed by atoms with Crippen LogP contribution in [-0.4, -0.2) is 39.2 Å². The van der Waals surface area contributed by atoms with E-state index < -0.39 is 5.79 Å². The average molecular weight is 441 g/mol. The number of rotatable bonds is 3. The fourth-order valence-corrected chi connectivity index (χ4v) is 8.27. The average Bonchev–Trinajstić information content (AvgIpc) is 3.39. The zero-order chi connectivity index (χ0) is 22.6. The van der Waals surface area contributed by atoms with E-state index in [-0.39, 0.29) is 16.8 Å². The van der Waals surface area contributed by atoms with E-state index >= 15 is 0 Å². The van der Waals surface area contributed by atoms with Gasteiger partial charge in [0.05, 0.1) is 27.4 Å². The highest BCUT2D eigenvalue weighted by atomic mass is 16.7. The molecular weight excluding hydrogens is 404 g/mol. The Morgan fingerprint density at radius 1 is 1.16 bits per heavy atom. The monoisotopic (exact) mass is 440 g/mol. The number of fused-ring (bicyclic) bond motifs is 5. The zero-order valence-corrected chi connectivity index (χ0v) is 19.7.